The van der Waals surface area contributed by atoms with Crippen molar-refractivity contribution in [2.45, 2.75) is 6.54 Å². The first kappa shape index (κ1) is 9.58. The van der Waals surface area contributed by atoms with Gasteiger partial charge in [-0.1, -0.05) is 12.1 Å². The molecule has 0 atom stereocenters. The van der Waals surface area contributed by atoms with Crippen molar-refractivity contribution >= 4 is 5.82 Å². The SMILES string of the molecule is COc1ccc(Cn2ccc(N)n2)cc1. The van der Waals surface area contributed by atoms with Crippen LogP contribution in [0.5, 0.6) is 5.75 Å². The average molecular weight is 203 g/mol. The van der Waals surface area contributed by atoms with Crippen LogP contribution in [0.1, 0.15) is 5.56 Å². The molecule has 1 heterocycles. The topological polar surface area (TPSA) is 53.1 Å². The Morgan fingerprint density at radius 1 is 1.27 bits per heavy atom. The molecule has 0 fully saturated rings. The number of nitrogen functional groups attached to an aromatic ring is 1. The molecule has 0 aliphatic carbocycles. The van der Waals surface area contributed by atoms with Gasteiger partial charge < -0.3 is 10.5 Å². The largest absolute Gasteiger partial charge is 0.497 e. The predicted octanol–water partition coefficient (Wildman–Crippen LogP) is 1.52. The molecule has 0 radical (unpaired) electrons. The summed E-state index contributed by atoms with van der Waals surface area (Å²) in [6, 6.07) is 9.67. The minimum atomic E-state index is 0.545. The molecular weight excluding hydrogens is 190 g/mol. The predicted molar refractivity (Wildman–Crippen MR) is 58.7 cm³/mol. The van der Waals surface area contributed by atoms with Crippen LogP contribution >= 0.6 is 0 Å². The average Bonchev–Trinajstić information content (AvgIpc) is 2.65. The molecule has 15 heavy (non-hydrogen) atoms. The van der Waals surface area contributed by atoms with E-state index in [1.165, 1.54) is 5.56 Å². The third-order valence-electron chi connectivity index (χ3n) is 2.16. The summed E-state index contributed by atoms with van der Waals surface area (Å²) in [4.78, 5) is 0. The van der Waals surface area contributed by atoms with E-state index in [1.807, 2.05) is 30.5 Å². The third kappa shape index (κ3) is 2.28. The lowest BCUT2D eigenvalue weighted by Crippen LogP contribution is -2.00. The molecule has 0 spiro atoms. The summed E-state index contributed by atoms with van der Waals surface area (Å²) in [6.45, 7) is 0.723. The van der Waals surface area contributed by atoms with Gasteiger partial charge in [0, 0.05) is 6.20 Å². The maximum Gasteiger partial charge on any atom is 0.145 e. The standard InChI is InChI=1S/C11H13N3O/c1-15-10-4-2-9(3-5-10)8-14-7-6-11(12)13-14/h2-7H,8H2,1H3,(H2,12,13). The van der Waals surface area contributed by atoms with E-state index in [-0.39, 0.29) is 0 Å². The van der Waals surface area contributed by atoms with Crippen LogP contribution in [-0.4, -0.2) is 16.9 Å². The summed E-state index contributed by atoms with van der Waals surface area (Å²) < 4.78 is 6.88. The second kappa shape index (κ2) is 4.04. The lowest BCUT2D eigenvalue weighted by molar-refractivity contribution is 0.414. The maximum absolute atomic E-state index is 5.53. The van der Waals surface area contributed by atoms with Gasteiger partial charge in [0.2, 0.25) is 0 Å². The Labute approximate surface area is 88.3 Å². The zero-order valence-corrected chi connectivity index (χ0v) is 8.55. The molecule has 4 nitrogen and oxygen atoms in total. The zero-order chi connectivity index (χ0) is 10.7. The summed E-state index contributed by atoms with van der Waals surface area (Å²) in [5, 5.41) is 4.11. The van der Waals surface area contributed by atoms with Gasteiger partial charge in [-0.15, -0.1) is 0 Å². The summed E-state index contributed by atoms with van der Waals surface area (Å²) in [5.74, 6) is 1.40. The fraction of sp³-hybridized carbons (Fsp3) is 0.182. The van der Waals surface area contributed by atoms with E-state index in [9.17, 15) is 0 Å². The van der Waals surface area contributed by atoms with Crippen molar-refractivity contribution in [1.29, 1.82) is 0 Å². The maximum atomic E-state index is 5.53. The first-order valence-electron chi connectivity index (χ1n) is 4.70. The highest BCUT2D eigenvalue weighted by Crippen LogP contribution is 2.12. The van der Waals surface area contributed by atoms with Gasteiger partial charge in [0.1, 0.15) is 11.6 Å². The summed E-state index contributed by atoms with van der Waals surface area (Å²) in [7, 11) is 1.66. The quantitative estimate of drug-likeness (QED) is 0.822. The number of aromatic nitrogens is 2. The Morgan fingerprint density at radius 2 is 2.00 bits per heavy atom. The van der Waals surface area contributed by atoms with Crippen LogP contribution in [0.4, 0.5) is 5.82 Å². The van der Waals surface area contributed by atoms with Gasteiger partial charge in [-0.3, -0.25) is 4.68 Å². The lowest BCUT2D eigenvalue weighted by Gasteiger charge is -2.03. The number of hydrogen-bond donors (Lipinski definition) is 1. The zero-order valence-electron chi connectivity index (χ0n) is 8.55. The Balaban J connectivity index is 2.11. The van der Waals surface area contributed by atoms with E-state index in [0.29, 0.717) is 5.82 Å². The lowest BCUT2D eigenvalue weighted by atomic mass is 10.2. The molecule has 0 saturated carbocycles. The Kier molecular flexibility index (Phi) is 2.58. The Hall–Kier alpha value is -1.97. The molecular formula is C11H13N3O. The van der Waals surface area contributed by atoms with E-state index in [1.54, 1.807) is 17.9 Å². The second-order valence-electron chi connectivity index (χ2n) is 3.29. The van der Waals surface area contributed by atoms with Crippen molar-refractivity contribution in [1.82, 2.24) is 9.78 Å². The molecule has 78 valence electrons. The molecule has 1 aromatic carbocycles. The summed E-state index contributed by atoms with van der Waals surface area (Å²) in [5.41, 5.74) is 6.69. The van der Waals surface area contributed by atoms with Gasteiger partial charge >= 0.3 is 0 Å². The molecule has 0 aliphatic heterocycles. The number of ether oxygens (including phenoxy) is 1. The van der Waals surface area contributed by atoms with Gasteiger partial charge in [-0.25, -0.2) is 0 Å². The van der Waals surface area contributed by atoms with Gasteiger partial charge in [0.05, 0.1) is 13.7 Å². The molecule has 4 heteroatoms. The van der Waals surface area contributed by atoms with E-state index < -0.39 is 0 Å². The van der Waals surface area contributed by atoms with Crippen LogP contribution in [0.25, 0.3) is 0 Å². The number of nitrogens with two attached hydrogens (primary N) is 1. The van der Waals surface area contributed by atoms with E-state index in [4.69, 9.17) is 10.5 Å². The molecule has 1 aromatic heterocycles. The normalized spacial score (nSPS) is 10.2. The fourth-order valence-electron chi connectivity index (χ4n) is 1.38. The van der Waals surface area contributed by atoms with Gasteiger partial charge in [0.25, 0.3) is 0 Å². The highest BCUT2D eigenvalue weighted by atomic mass is 16.5. The molecule has 0 amide bonds. The van der Waals surface area contributed by atoms with Crippen LogP contribution in [-0.2, 0) is 6.54 Å². The number of rotatable bonds is 3. The number of anilines is 1. The van der Waals surface area contributed by atoms with Crippen molar-refractivity contribution in [3.63, 3.8) is 0 Å². The molecule has 0 saturated heterocycles. The summed E-state index contributed by atoms with van der Waals surface area (Å²) >= 11 is 0. The van der Waals surface area contributed by atoms with Crippen molar-refractivity contribution in [2.24, 2.45) is 0 Å². The second-order valence-corrected chi connectivity index (χ2v) is 3.29. The third-order valence-corrected chi connectivity index (χ3v) is 2.16. The van der Waals surface area contributed by atoms with Crippen LogP contribution in [0.15, 0.2) is 36.5 Å². The van der Waals surface area contributed by atoms with E-state index >= 15 is 0 Å². The Morgan fingerprint density at radius 3 is 2.53 bits per heavy atom. The van der Waals surface area contributed by atoms with Crippen molar-refractivity contribution < 1.29 is 4.74 Å². The highest BCUT2D eigenvalue weighted by molar-refractivity contribution is 5.28. The highest BCUT2D eigenvalue weighted by Gasteiger charge is 1.97. The minimum absolute atomic E-state index is 0.545. The monoisotopic (exact) mass is 203 g/mol. The number of nitrogens with zero attached hydrogens (tertiary/aromatic N) is 2. The van der Waals surface area contributed by atoms with Gasteiger partial charge in [0.15, 0.2) is 0 Å². The van der Waals surface area contributed by atoms with Crippen LogP contribution in [0.2, 0.25) is 0 Å². The van der Waals surface area contributed by atoms with E-state index in [2.05, 4.69) is 5.10 Å². The van der Waals surface area contributed by atoms with Gasteiger partial charge in [-0.2, -0.15) is 5.10 Å². The van der Waals surface area contributed by atoms with Crippen LogP contribution < -0.4 is 10.5 Å². The molecule has 2 aromatic rings. The number of benzene rings is 1. The van der Waals surface area contributed by atoms with Gasteiger partial charge in [-0.05, 0) is 23.8 Å². The first-order valence-corrected chi connectivity index (χ1v) is 4.70. The Bertz CT molecular complexity index is 433. The fourth-order valence-corrected chi connectivity index (χ4v) is 1.38. The molecule has 0 unspecified atom stereocenters. The molecule has 2 N–H and O–H groups in total. The number of hydrogen-bond acceptors (Lipinski definition) is 3. The first-order chi connectivity index (χ1) is 7.28. The molecule has 0 bridgehead atoms. The van der Waals surface area contributed by atoms with Crippen LogP contribution in [0, 0.1) is 0 Å². The van der Waals surface area contributed by atoms with Crippen LogP contribution in [0.3, 0.4) is 0 Å². The molecule has 0 aliphatic rings. The summed E-state index contributed by atoms with van der Waals surface area (Å²) in [6.07, 6.45) is 1.86. The van der Waals surface area contributed by atoms with E-state index in [0.717, 1.165) is 12.3 Å². The van der Waals surface area contributed by atoms with Crippen molar-refractivity contribution in [2.75, 3.05) is 12.8 Å². The molecule has 2 rings (SSSR count). The van der Waals surface area contributed by atoms with Crippen molar-refractivity contribution in [3.05, 3.63) is 42.1 Å². The number of methoxy groups -OCH3 is 1. The smallest absolute Gasteiger partial charge is 0.145 e. The van der Waals surface area contributed by atoms with Crippen molar-refractivity contribution in [3.8, 4) is 5.75 Å². The minimum Gasteiger partial charge on any atom is -0.497 e.